The molecule has 0 rings (SSSR count). The van der Waals surface area contributed by atoms with Gasteiger partial charge in [-0.15, -0.1) is 0 Å². The maximum atomic E-state index is 10.5. The summed E-state index contributed by atoms with van der Waals surface area (Å²) < 4.78 is 4.68. The van der Waals surface area contributed by atoms with Gasteiger partial charge in [0.05, 0.1) is 6.54 Å². The minimum atomic E-state index is -1.08. The first-order chi connectivity index (χ1) is 6.07. The van der Waals surface area contributed by atoms with Crippen LogP contribution in [0.4, 0.5) is 0 Å². The van der Waals surface area contributed by atoms with Crippen LogP contribution >= 0.6 is 0 Å². The van der Waals surface area contributed by atoms with Crippen LogP contribution in [-0.4, -0.2) is 48.5 Å². The third-order valence-electron chi connectivity index (χ3n) is 1.41. The zero-order chi connectivity index (χ0) is 10.3. The van der Waals surface area contributed by atoms with Gasteiger partial charge in [-0.3, -0.25) is 14.9 Å². The van der Waals surface area contributed by atoms with Crippen molar-refractivity contribution in [2.24, 2.45) is 0 Å². The highest BCUT2D eigenvalue weighted by Crippen LogP contribution is 1.92. The average molecular weight is 191 g/mol. The summed E-state index contributed by atoms with van der Waals surface area (Å²) >= 11 is 0. The number of ether oxygens (including phenoxy) is 1. The molecule has 0 aliphatic rings. The van der Waals surface area contributed by atoms with Crippen molar-refractivity contribution >= 4 is 11.9 Å². The third kappa shape index (κ3) is 6.06. The molecular formula is C7H13NO5. The molecule has 0 fully saturated rings. The molecule has 0 heterocycles. The molecule has 0 radical (unpaired) electrons. The zero-order valence-corrected chi connectivity index (χ0v) is 7.32. The fourth-order valence-electron chi connectivity index (χ4n) is 0.759. The average Bonchev–Trinajstić information content (AvgIpc) is 2.03. The van der Waals surface area contributed by atoms with E-state index in [2.05, 4.69) is 10.1 Å². The van der Waals surface area contributed by atoms with Gasteiger partial charge in [0.1, 0.15) is 6.04 Å². The van der Waals surface area contributed by atoms with Crippen LogP contribution in [-0.2, 0) is 14.3 Å². The lowest BCUT2D eigenvalue weighted by Crippen LogP contribution is -2.40. The second-order valence-corrected chi connectivity index (χ2v) is 2.45. The van der Waals surface area contributed by atoms with Gasteiger partial charge in [-0.2, -0.15) is 0 Å². The number of aliphatic carboxylic acids is 2. The molecule has 0 aromatic heterocycles. The maximum Gasteiger partial charge on any atom is 0.320 e. The van der Waals surface area contributed by atoms with Gasteiger partial charge in [0.15, 0.2) is 0 Å². The number of carboxylic acids is 2. The van der Waals surface area contributed by atoms with Crippen molar-refractivity contribution in [3.05, 3.63) is 0 Å². The van der Waals surface area contributed by atoms with Gasteiger partial charge in [0, 0.05) is 13.7 Å². The van der Waals surface area contributed by atoms with Crippen molar-refractivity contribution in [2.45, 2.75) is 12.5 Å². The van der Waals surface area contributed by atoms with E-state index >= 15 is 0 Å². The first-order valence-corrected chi connectivity index (χ1v) is 3.75. The lowest BCUT2D eigenvalue weighted by molar-refractivity contribution is -0.140. The van der Waals surface area contributed by atoms with Gasteiger partial charge >= 0.3 is 11.9 Å². The van der Waals surface area contributed by atoms with Crippen LogP contribution in [0.3, 0.4) is 0 Å². The van der Waals surface area contributed by atoms with Crippen molar-refractivity contribution in [3.63, 3.8) is 0 Å². The number of rotatable bonds is 7. The molecule has 1 atom stereocenters. The predicted molar refractivity (Wildman–Crippen MR) is 43.6 cm³/mol. The van der Waals surface area contributed by atoms with Crippen molar-refractivity contribution in [1.29, 1.82) is 0 Å². The summed E-state index contributed by atoms with van der Waals surface area (Å²) in [6.45, 7) is -0.0791. The first kappa shape index (κ1) is 11.9. The summed E-state index contributed by atoms with van der Waals surface area (Å²) in [4.78, 5) is 20.6. The molecule has 0 spiro atoms. The Morgan fingerprint density at radius 1 is 1.46 bits per heavy atom. The Labute approximate surface area is 75.5 Å². The van der Waals surface area contributed by atoms with Crippen LogP contribution in [0.2, 0.25) is 0 Å². The Kier molecular flexibility index (Phi) is 5.82. The van der Waals surface area contributed by atoms with Gasteiger partial charge < -0.3 is 14.9 Å². The molecule has 0 aliphatic carbocycles. The van der Waals surface area contributed by atoms with Gasteiger partial charge in [-0.25, -0.2) is 0 Å². The summed E-state index contributed by atoms with van der Waals surface area (Å²) in [6.07, 6.45) is 0.249. The van der Waals surface area contributed by atoms with E-state index in [0.717, 1.165) is 0 Å². The molecule has 0 saturated heterocycles. The predicted octanol–water partition coefficient (Wildman–Crippen LogP) is -0.850. The molecule has 6 heteroatoms. The molecule has 1 unspecified atom stereocenters. The van der Waals surface area contributed by atoms with E-state index in [4.69, 9.17) is 10.2 Å². The second-order valence-electron chi connectivity index (χ2n) is 2.45. The number of nitrogens with one attached hydrogen (secondary N) is 1. The lowest BCUT2D eigenvalue weighted by atomic mass is 10.2. The zero-order valence-electron chi connectivity index (χ0n) is 7.32. The van der Waals surface area contributed by atoms with Crippen molar-refractivity contribution < 1.29 is 24.5 Å². The molecular weight excluding hydrogens is 178 g/mol. The molecule has 13 heavy (non-hydrogen) atoms. The Balaban J connectivity index is 3.80. The lowest BCUT2D eigenvalue weighted by Gasteiger charge is -2.11. The van der Waals surface area contributed by atoms with E-state index in [-0.39, 0.29) is 19.6 Å². The van der Waals surface area contributed by atoms with Crippen LogP contribution in [0.1, 0.15) is 6.42 Å². The SMILES string of the molecule is COCCC(NCC(=O)O)C(=O)O. The van der Waals surface area contributed by atoms with E-state index < -0.39 is 18.0 Å². The number of carbonyl (C=O) groups is 2. The van der Waals surface area contributed by atoms with Crippen molar-refractivity contribution in [3.8, 4) is 0 Å². The summed E-state index contributed by atoms with van der Waals surface area (Å²) in [7, 11) is 1.45. The number of hydrogen-bond acceptors (Lipinski definition) is 4. The normalized spacial score (nSPS) is 12.4. The largest absolute Gasteiger partial charge is 0.480 e. The third-order valence-corrected chi connectivity index (χ3v) is 1.41. The molecule has 0 bridgehead atoms. The second kappa shape index (κ2) is 6.38. The molecule has 0 aromatic rings. The summed E-state index contributed by atoms with van der Waals surface area (Å²) in [6, 6.07) is -0.865. The fraction of sp³-hybridized carbons (Fsp3) is 0.714. The first-order valence-electron chi connectivity index (χ1n) is 3.75. The van der Waals surface area contributed by atoms with Crippen LogP contribution in [0.25, 0.3) is 0 Å². The maximum absolute atomic E-state index is 10.5. The van der Waals surface area contributed by atoms with Crippen LogP contribution < -0.4 is 5.32 Å². The Morgan fingerprint density at radius 3 is 2.46 bits per heavy atom. The summed E-state index contributed by atoms with van der Waals surface area (Å²) in [5.41, 5.74) is 0. The van der Waals surface area contributed by atoms with Gasteiger partial charge in [0.2, 0.25) is 0 Å². The minimum Gasteiger partial charge on any atom is -0.480 e. The van der Waals surface area contributed by atoms with Crippen LogP contribution in [0.15, 0.2) is 0 Å². The summed E-state index contributed by atoms with van der Waals surface area (Å²) in [5, 5.41) is 19.3. The highest BCUT2D eigenvalue weighted by atomic mass is 16.5. The monoisotopic (exact) mass is 191 g/mol. The number of hydrogen-bond donors (Lipinski definition) is 3. The number of carboxylic acid groups (broad SMARTS) is 2. The van der Waals surface area contributed by atoms with Crippen LogP contribution in [0, 0.1) is 0 Å². The molecule has 0 saturated carbocycles. The van der Waals surface area contributed by atoms with E-state index in [1.54, 1.807) is 0 Å². The van der Waals surface area contributed by atoms with E-state index in [0.29, 0.717) is 0 Å². The van der Waals surface area contributed by atoms with Gasteiger partial charge in [0.25, 0.3) is 0 Å². The van der Waals surface area contributed by atoms with Crippen molar-refractivity contribution in [2.75, 3.05) is 20.3 Å². The smallest absolute Gasteiger partial charge is 0.320 e. The van der Waals surface area contributed by atoms with Crippen molar-refractivity contribution in [1.82, 2.24) is 5.32 Å². The highest BCUT2D eigenvalue weighted by Gasteiger charge is 2.16. The van der Waals surface area contributed by atoms with Gasteiger partial charge in [-0.05, 0) is 6.42 Å². The molecule has 0 amide bonds. The Morgan fingerprint density at radius 2 is 2.08 bits per heavy atom. The van der Waals surface area contributed by atoms with E-state index in [1.165, 1.54) is 7.11 Å². The van der Waals surface area contributed by atoms with E-state index in [1.807, 2.05) is 0 Å². The highest BCUT2D eigenvalue weighted by molar-refractivity contribution is 5.75. The molecule has 6 nitrogen and oxygen atoms in total. The number of methoxy groups -OCH3 is 1. The minimum absolute atomic E-state index is 0.249. The molecule has 0 aliphatic heterocycles. The standard InChI is InChI=1S/C7H13NO5/c1-13-3-2-5(7(11)12)8-4-6(9)10/h5,8H,2-4H2,1H3,(H,9,10)(H,11,12). The Bertz CT molecular complexity index is 182. The van der Waals surface area contributed by atoms with Gasteiger partial charge in [-0.1, -0.05) is 0 Å². The van der Waals surface area contributed by atoms with E-state index in [9.17, 15) is 9.59 Å². The van der Waals surface area contributed by atoms with Crippen LogP contribution in [0.5, 0.6) is 0 Å². The fourth-order valence-corrected chi connectivity index (χ4v) is 0.759. The quantitative estimate of drug-likeness (QED) is 0.485. The Hall–Kier alpha value is -1.14. The topological polar surface area (TPSA) is 95.9 Å². The molecule has 3 N–H and O–H groups in total. The summed E-state index contributed by atoms with van der Waals surface area (Å²) in [5.74, 6) is -2.15. The molecule has 0 aromatic carbocycles. The molecule has 76 valence electrons.